The van der Waals surface area contributed by atoms with Gasteiger partial charge < -0.3 is 15.2 Å². The quantitative estimate of drug-likeness (QED) is 0.440. The normalized spacial score (nSPS) is 18.2. The molecule has 2 aromatic carbocycles. The number of urea groups is 1. The zero-order valence-electron chi connectivity index (χ0n) is 19.4. The molecular formula is C26H24F2N6O. The third-order valence-corrected chi connectivity index (χ3v) is 6.92. The highest BCUT2D eigenvalue weighted by molar-refractivity contribution is 6.01. The summed E-state index contributed by atoms with van der Waals surface area (Å²) >= 11 is 0. The number of nitrogens with two attached hydrogens (primary N) is 1. The van der Waals surface area contributed by atoms with Gasteiger partial charge in [0.05, 0.1) is 18.0 Å². The van der Waals surface area contributed by atoms with Gasteiger partial charge in [-0.25, -0.2) is 23.5 Å². The smallest absolute Gasteiger partial charge is 0.324 e. The molecule has 35 heavy (non-hydrogen) atoms. The van der Waals surface area contributed by atoms with Crippen molar-refractivity contribution >= 4 is 28.6 Å². The molecule has 7 nitrogen and oxygen atoms in total. The monoisotopic (exact) mass is 474 g/mol. The highest BCUT2D eigenvalue weighted by atomic mass is 19.1. The van der Waals surface area contributed by atoms with Crippen molar-refractivity contribution in [3.05, 3.63) is 71.7 Å². The number of rotatable bonds is 4. The number of halogens is 2. The molecule has 1 atom stereocenters. The first-order chi connectivity index (χ1) is 16.8. The molecule has 178 valence electrons. The topological polar surface area (TPSA) is 80.3 Å². The molecule has 1 aliphatic heterocycles. The maximum absolute atomic E-state index is 15.6. The van der Waals surface area contributed by atoms with Crippen LogP contribution in [0.15, 0.2) is 48.7 Å². The van der Waals surface area contributed by atoms with Crippen molar-refractivity contribution in [2.24, 2.45) is 0 Å². The molecule has 3 heterocycles. The molecule has 1 saturated carbocycles. The molecule has 2 aliphatic rings. The van der Waals surface area contributed by atoms with Gasteiger partial charge in [0.1, 0.15) is 28.9 Å². The molecule has 2 aromatic heterocycles. The van der Waals surface area contributed by atoms with Crippen LogP contribution >= 0.6 is 0 Å². The zero-order valence-corrected chi connectivity index (χ0v) is 19.4. The van der Waals surface area contributed by atoms with Crippen molar-refractivity contribution < 1.29 is 13.6 Å². The Bertz CT molecular complexity index is 1480. The van der Waals surface area contributed by atoms with E-state index < -0.39 is 5.82 Å². The number of nitrogens with zero attached hydrogens (tertiary/aromatic N) is 5. The molecule has 4 aromatic rings. The van der Waals surface area contributed by atoms with Crippen molar-refractivity contribution in [1.82, 2.24) is 19.4 Å². The lowest BCUT2D eigenvalue weighted by Crippen LogP contribution is -2.29. The fourth-order valence-electron chi connectivity index (χ4n) is 4.94. The van der Waals surface area contributed by atoms with E-state index in [0.29, 0.717) is 46.4 Å². The Morgan fingerprint density at radius 2 is 1.77 bits per heavy atom. The Morgan fingerprint density at radius 1 is 1.03 bits per heavy atom. The summed E-state index contributed by atoms with van der Waals surface area (Å²) in [6.07, 6.45) is 4.01. The molecule has 2 amide bonds. The van der Waals surface area contributed by atoms with Gasteiger partial charge in [-0.2, -0.15) is 0 Å². The second-order valence-corrected chi connectivity index (χ2v) is 9.27. The molecule has 1 unspecified atom stereocenters. The molecule has 1 aliphatic carbocycles. The lowest BCUT2D eigenvalue weighted by molar-refractivity contribution is 0.219. The van der Waals surface area contributed by atoms with Crippen LogP contribution in [0.1, 0.15) is 36.3 Å². The minimum Gasteiger partial charge on any atom is -0.383 e. The average molecular weight is 475 g/mol. The number of aryl methyl sites for hydroxylation is 1. The highest BCUT2D eigenvalue weighted by Crippen LogP contribution is 2.43. The summed E-state index contributed by atoms with van der Waals surface area (Å²) in [7, 11) is 1.69. The van der Waals surface area contributed by atoms with Crippen LogP contribution in [0.4, 0.5) is 25.1 Å². The van der Waals surface area contributed by atoms with Gasteiger partial charge in [0.2, 0.25) is 0 Å². The fraction of sp³-hybridized carbons (Fsp3) is 0.269. The molecule has 2 fully saturated rings. The number of anilines is 2. The zero-order chi connectivity index (χ0) is 24.4. The van der Waals surface area contributed by atoms with E-state index >= 15 is 4.39 Å². The van der Waals surface area contributed by atoms with Gasteiger partial charge in [0, 0.05) is 36.1 Å². The lowest BCUT2D eigenvalue weighted by Gasteiger charge is -2.17. The van der Waals surface area contributed by atoms with Crippen LogP contribution in [0.5, 0.6) is 0 Å². The van der Waals surface area contributed by atoms with Crippen LogP contribution in [0.3, 0.4) is 0 Å². The van der Waals surface area contributed by atoms with Crippen LogP contribution in [0, 0.1) is 18.6 Å². The molecule has 6 rings (SSSR count). The van der Waals surface area contributed by atoms with E-state index in [1.54, 1.807) is 43.1 Å². The van der Waals surface area contributed by atoms with E-state index in [1.807, 2.05) is 6.20 Å². The fourth-order valence-corrected chi connectivity index (χ4v) is 4.94. The van der Waals surface area contributed by atoms with Gasteiger partial charge >= 0.3 is 6.03 Å². The van der Waals surface area contributed by atoms with E-state index in [4.69, 9.17) is 5.73 Å². The molecular weight excluding hydrogens is 450 g/mol. The maximum atomic E-state index is 15.6. The van der Waals surface area contributed by atoms with Gasteiger partial charge in [0.15, 0.2) is 0 Å². The van der Waals surface area contributed by atoms with E-state index in [1.165, 1.54) is 23.1 Å². The average Bonchev–Trinajstić information content (AvgIpc) is 3.54. The minimum atomic E-state index is -0.460. The van der Waals surface area contributed by atoms with Crippen molar-refractivity contribution in [3.8, 4) is 11.1 Å². The first-order valence-electron chi connectivity index (χ1n) is 11.6. The van der Waals surface area contributed by atoms with Crippen LogP contribution in [-0.2, 0) is 0 Å². The van der Waals surface area contributed by atoms with Crippen LogP contribution in [0.2, 0.25) is 0 Å². The summed E-state index contributed by atoms with van der Waals surface area (Å²) in [5, 5.41) is 0.641. The van der Waals surface area contributed by atoms with Crippen LogP contribution < -0.4 is 10.6 Å². The molecule has 2 N–H and O–H groups in total. The summed E-state index contributed by atoms with van der Waals surface area (Å²) in [6, 6.07) is 10.7. The number of carbonyl (C=O) groups excluding carboxylic acids is 1. The summed E-state index contributed by atoms with van der Waals surface area (Å²) in [5.74, 6) is 0.103. The molecule has 0 bridgehead atoms. The summed E-state index contributed by atoms with van der Waals surface area (Å²) < 4.78 is 31.0. The van der Waals surface area contributed by atoms with Crippen molar-refractivity contribution in [2.75, 3.05) is 24.2 Å². The first kappa shape index (κ1) is 21.5. The van der Waals surface area contributed by atoms with E-state index in [2.05, 4.69) is 14.5 Å². The van der Waals surface area contributed by atoms with E-state index in [0.717, 1.165) is 24.1 Å². The second kappa shape index (κ2) is 7.76. The Hall–Kier alpha value is -4.01. The Kier molecular flexibility index (Phi) is 4.77. The number of benzene rings is 2. The number of aromatic nitrogens is 3. The van der Waals surface area contributed by atoms with Crippen LogP contribution in [-0.4, -0.2) is 39.1 Å². The van der Waals surface area contributed by atoms with Gasteiger partial charge in [-0.15, -0.1) is 0 Å². The third kappa shape index (κ3) is 3.50. The SMILES string of the molecule is Cc1nc(N)c2c(-c3ccc(N4CC(c5ccc(F)cc5)N(C)C4=O)cc3F)cn(C3CC3)c2n1. The van der Waals surface area contributed by atoms with Crippen LogP contribution in [0.25, 0.3) is 22.2 Å². The van der Waals surface area contributed by atoms with Gasteiger partial charge in [0.25, 0.3) is 0 Å². The third-order valence-electron chi connectivity index (χ3n) is 6.92. The Morgan fingerprint density at radius 3 is 2.46 bits per heavy atom. The molecule has 0 spiro atoms. The highest BCUT2D eigenvalue weighted by Gasteiger charge is 2.37. The van der Waals surface area contributed by atoms with Gasteiger partial charge in [-0.3, -0.25) is 4.90 Å². The summed E-state index contributed by atoms with van der Waals surface area (Å²) in [4.78, 5) is 25.0. The number of hydrogen-bond donors (Lipinski definition) is 1. The summed E-state index contributed by atoms with van der Waals surface area (Å²) in [6.45, 7) is 2.12. The predicted molar refractivity (Wildman–Crippen MR) is 130 cm³/mol. The largest absolute Gasteiger partial charge is 0.383 e. The van der Waals surface area contributed by atoms with E-state index in [-0.39, 0.29) is 17.9 Å². The van der Waals surface area contributed by atoms with Gasteiger partial charge in [-0.05, 0) is 55.7 Å². The standard InChI is InChI=1S/C26H24F2N6O/c1-14-30-24(29)23-20(12-33(17-7-8-17)25(23)31-14)19-10-9-18(11-21(19)28)34-13-22(32(2)26(34)35)15-3-5-16(27)6-4-15/h3-6,9-12,17,22H,7-8,13H2,1-2H3,(H2,29,30,31). The van der Waals surface area contributed by atoms with Crippen molar-refractivity contribution in [1.29, 1.82) is 0 Å². The first-order valence-corrected chi connectivity index (χ1v) is 11.6. The lowest BCUT2D eigenvalue weighted by atomic mass is 10.0. The number of amides is 2. The number of hydrogen-bond acceptors (Lipinski definition) is 4. The molecule has 1 saturated heterocycles. The maximum Gasteiger partial charge on any atom is 0.324 e. The van der Waals surface area contributed by atoms with Crippen molar-refractivity contribution in [2.45, 2.75) is 31.8 Å². The molecule has 9 heteroatoms. The minimum absolute atomic E-state index is 0.245. The Labute approximate surface area is 200 Å². The Balaban J connectivity index is 1.37. The second-order valence-electron chi connectivity index (χ2n) is 9.27. The van der Waals surface area contributed by atoms with Crippen molar-refractivity contribution in [3.63, 3.8) is 0 Å². The number of carbonyl (C=O) groups is 1. The molecule has 0 radical (unpaired) electrons. The summed E-state index contributed by atoms with van der Waals surface area (Å²) in [5.41, 5.74) is 9.27. The number of fused-ring (bicyclic) bond motifs is 1. The number of likely N-dealkylation sites (N-methyl/N-ethyl adjacent to an activating group) is 1. The predicted octanol–water partition coefficient (Wildman–Crippen LogP) is 5.22. The van der Waals surface area contributed by atoms with Gasteiger partial charge in [-0.1, -0.05) is 12.1 Å². The van der Waals surface area contributed by atoms with E-state index in [9.17, 15) is 9.18 Å². The number of nitrogen functional groups attached to an aromatic ring is 1.